The predicted molar refractivity (Wildman–Crippen MR) is 125 cm³/mol. The lowest BCUT2D eigenvalue weighted by Crippen LogP contribution is -2.35. The van der Waals surface area contributed by atoms with Crippen LogP contribution in [0.5, 0.6) is 11.5 Å². The van der Waals surface area contributed by atoms with E-state index in [2.05, 4.69) is 5.32 Å². The molecule has 1 aliphatic heterocycles. The van der Waals surface area contributed by atoms with Crippen LogP contribution in [0.2, 0.25) is 0 Å². The zero-order valence-electron chi connectivity index (χ0n) is 18.6. The SMILES string of the molecule is COCOc1ccc(NC(=O)N2CCCCc3cc(OCc4ccccc4)ccc32)cc1F. The number of halogens is 1. The molecule has 0 aliphatic carbocycles. The summed E-state index contributed by atoms with van der Waals surface area (Å²) >= 11 is 0. The van der Waals surface area contributed by atoms with E-state index in [1.54, 1.807) is 11.0 Å². The van der Waals surface area contributed by atoms with E-state index in [9.17, 15) is 9.18 Å². The molecule has 4 rings (SSSR count). The molecule has 1 N–H and O–H groups in total. The number of amides is 2. The van der Waals surface area contributed by atoms with Crippen LogP contribution in [0.4, 0.5) is 20.6 Å². The van der Waals surface area contributed by atoms with E-state index in [0.29, 0.717) is 18.8 Å². The van der Waals surface area contributed by atoms with Crippen LogP contribution in [-0.2, 0) is 17.8 Å². The fourth-order valence-electron chi connectivity index (χ4n) is 3.78. The van der Waals surface area contributed by atoms with Gasteiger partial charge in [-0.25, -0.2) is 9.18 Å². The summed E-state index contributed by atoms with van der Waals surface area (Å²) in [6.07, 6.45) is 2.71. The first-order valence-electron chi connectivity index (χ1n) is 10.9. The first-order chi connectivity index (χ1) is 16.1. The standard InChI is InChI=1S/C26H27FN2O4/c1-31-18-33-25-13-10-21(16-23(25)27)28-26(30)29-14-6-5-9-20-15-22(11-12-24(20)29)32-17-19-7-3-2-4-8-19/h2-4,7-8,10-13,15-16H,5-6,9,14,17-18H2,1H3,(H,28,30). The van der Waals surface area contributed by atoms with Gasteiger partial charge < -0.3 is 19.5 Å². The number of anilines is 2. The summed E-state index contributed by atoms with van der Waals surface area (Å²) in [6.45, 7) is 1.02. The number of aryl methyl sites for hydroxylation is 1. The number of carbonyl (C=O) groups excluding carboxylic acids is 1. The predicted octanol–water partition coefficient (Wildman–Crippen LogP) is 5.76. The number of fused-ring (bicyclic) bond motifs is 1. The number of nitrogens with one attached hydrogen (secondary N) is 1. The van der Waals surface area contributed by atoms with Crippen LogP contribution in [0.15, 0.2) is 66.7 Å². The van der Waals surface area contributed by atoms with E-state index in [1.807, 2.05) is 48.5 Å². The molecule has 0 spiro atoms. The molecular weight excluding hydrogens is 423 g/mol. The van der Waals surface area contributed by atoms with Gasteiger partial charge in [-0.2, -0.15) is 0 Å². The Bertz CT molecular complexity index is 1090. The Balaban J connectivity index is 1.46. The van der Waals surface area contributed by atoms with E-state index in [1.165, 1.54) is 19.2 Å². The van der Waals surface area contributed by atoms with E-state index < -0.39 is 5.82 Å². The normalized spacial score (nSPS) is 13.1. The van der Waals surface area contributed by atoms with Crippen LogP contribution in [-0.4, -0.2) is 26.5 Å². The number of urea groups is 1. The van der Waals surface area contributed by atoms with Gasteiger partial charge in [-0.15, -0.1) is 0 Å². The summed E-state index contributed by atoms with van der Waals surface area (Å²) in [5.74, 6) is 0.271. The topological polar surface area (TPSA) is 60.0 Å². The number of nitrogens with zero attached hydrogens (tertiary/aromatic N) is 1. The summed E-state index contributed by atoms with van der Waals surface area (Å²) in [4.78, 5) is 14.8. The van der Waals surface area contributed by atoms with E-state index in [0.717, 1.165) is 41.8 Å². The van der Waals surface area contributed by atoms with Crippen molar-refractivity contribution in [2.45, 2.75) is 25.9 Å². The molecular formula is C26H27FN2O4. The largest absolute Gasteiger partial charge is 0.489 e. The molecule has 0 saturated heterocycles. The molecule has 7 heteroatoms. The van der Waals surface area contributed by atoms with Gasteiger partial charge in [-0.1, -0.05) is 30.3 Å². The van der Waals surface area contributed by atoms with Crippen LogP contribution in [0.1, 0.15) is 24.0 Å². The highest BCUT2D eigenvalue weighted by atomic mass is 19.1. The molecule has 2 amide bonds. The maximum absolute atomic E-state index is 14.3. The Morgan fingerprint density at radius 2 is 1.88 bits per heavy atom. The highest BCUT2D eigenvalue weighted by Gasteiger charge is 2.22. The number of methoxy groups -OCH3 is 1. The molecule has 1 heterocycles. The summed E-state index contributed by atoms with van der Waals surface area (Å²) in [6, 6.07) is 19.8. The van der Waals surface area contributed by atoms with Crippen molar-refractivity contribution in [2.24, 2.45) is 0 Å². The van der Waals surface area contributed by atoms with Crippen molar-refractivity contribution in [3.05, 3.63) is 83.7 Å². The minimum Gasteiger partial charge on any atom is -0.489 e. The molecule has 3 aromatic rings. The van der Waals surface area contributed by atoms with Gasteiger partial charge in [0.25, 0.3) is 0 Å². The lowest BCUT2D eigenvalue weighted by atomic mass is 10.1. The zero-order chi connectivity index (χ0) is 23.0. The summed E-state index contributed by atoms with van der Waals surface area (Å²) in [7, 11) is 1.46. The van der Waals surface area contributed by atoms with Crippen LogP contribution >= 0.6 is 0 Å². The molecule has 0 saturated carbocycles. The van der Waals surface area contributed by atoms with Crippen molar-refractivity contribution < 1.29 is 23.4 Å². The fourth-order valence-corrected chi connectivity index (χ4v) is 3.78. The second-order valence-corrected chi connectivity index (χ2v) is 7.80. The highest BCUT2D eigenvalue weighted by molar-refractivity contribution is 6.02. The minimum absolute atomic E-state index is 0.0514. The Kier molecular flexibility index (Phi) is 7.42. The van der Waals surface area contributed by atoms with Crippen LogP contribution in [0.25, 0.3) is 0 Å². The average Bonchev–Trinajstić information content (AvgIpc) is 3.05. The van der Waals surface area contributed by atoms with Crippen molar-refractivity contribution in [3.8, 4) is 11.5 Å². The number of benzene rings is 3. The maximum Gasteiger partial charge on any atom is 0.326 e. The molecule has 3 aromatic carbocycles. The molecule has 0 fully saturated rings. The first kappa shape index (κ1) is 22.6. The van der Waals surface area contributed by atoms with Crippen LogP contribution < -0.4 is 19.7 Å². The summed E-state index contributed by atoms with van der Waals surface area (Å²) in [5.41, 5.74) is 3.36. The van der Waals surface area contributed by atoms with Crippen molar-refractivity contribution in [1.82, 2.24) is 0 Å². The monoisotopic (exact) mass is 450 g/mol. The van der Waals surface area contributed by atoms with Gasteiger partial charge in [0.1, 0.15) is 12.4 Å². The average molecular weight is 451 g/mol. The summed E-state index contributed by atoms with van der Waals surface area (Å²) < 4.78 is 30.2. The van der Waals surface area contributed by atoms with Crippen molar-refractivity contribution in [1.29, 1.82) is 0 Å². The fraction of sp³-hybridized carbons (Fsp3) is 0.269. The number of ether oxygens (including phenoxy) is 3. The first-order valence-corrected chi connectivity index (χ1v) is 10.9. The highest BCUT2D eigenvalue weighted by Crippen LogP contribution is 2.31. The third-order valence-corrected chi connectivity index (χ3v) is 5.43. The van der Waals surface area contributed by atoms with Gasteiger partial charge >= 0.3 is 6.03 Å². The minimum atomic E-state index is -0.568. The zero-order valence-corrected chi connectivity index (χ0v) is 18.6. The van der Waals surface area contributed by atoms with Gasteiger partial charge in [-0.3, -0.25) is 4.90 Å². The van der Waals surface area contributed by atoms with Gasteiger partial charge in [0, 0.05) is 31.1 Å². The van der Waals surface area contributed by atoms with Gasteiger partial charge in [0.2, 0.25) is 0 Å². The third-order valence-electron chi connectivity index (χ3n) is 5.43. The van der Waals surface area contributed by atoms with Crippen LogP contribution in [0, 0.1) is 5.82 Å². The maximum atomic E-state index is 14.3. The lowest BCUT2D eigenvalue weighted by molar-refractivity contribution is 0.0483. The van der Waals surface area contributed by atoms with Gasteiger partial charge in [0.15, 0.2) is 18.4 Å². The molecule has 0 bridgehead atoms. The Hall–Kier alpha value is -3.58. The molecule has 0 aromatic heterocycles. The van der Waals surface area contributed by atoms with Crippen LogP contribution in [0.3, 0.4) is 0 Å². The van der Waals surface area contributed by atoms with E-state index in [4.69, 9.17) is 14.2 Å². The van der Waals surface area contributed by atoms with Crippen molar-refractivity contribution >= 4 is 17.4 Å². The Morgan fingerprint density at radius 3 is 2.67 bits per heavy atom. The van der Waals surface area contributed by atoms with Gasteiger partial charge in [0.05, 0.1) is 0 Å². The van der Waals surface area contributed by atoms with Gasteiger partial charge in [-0.05, 0) is 60.7 Å². The second-order valence-electron chi connectivity index (χ2n) is 7.80. The summed E-state index contributed by atoms with van der Waals surface area (Å²) in [5, 5.41) is 2.79. The lowest BCUT2D eigenvalue weighted by Gasteiger charge is -2.24. The smallest absolute Gasteiger partial charge is 0.326 e. The number of hydrogen-bond acceptors (Lipinski definition) is 4. The van der Waals surface area contributed by atoms with Crippen molar-refractivity contribution in [2.75, 3.05) is 30.7 Å². The Labute approximate surface area is 192 Å². The van der Waals surface area contributed by atoms with E-state index in [-0.39, 0.29) is 18.6 Å². The molecule has 0 unspecified atom stereocenters. The molecule has 1 aliphatic rings. The van der Waals surface area contributed by atoms with Crippen molar-refractivity contribution in [3.63, 3.8) is 0 Å². The third kappa shape index (κ3) is 5.81. The molecule has 0 radical (unpaired) electrons. The second kappa shape index (κ2) is 10.8. The number of hydrogen-bond donors (Lipinski definition) is 1. The quantitative estimate of drug-likeness (QED) is 0.465. The molecule has 172 valence electrons. The number of rotatable bonds is 7. The molecule has 33 heavy (non-hydrogen) atoms. The molecule has 6 nitrogen and oxygen atoms in total. The Morgan fingerprint density at radius 1 is 1.03 bits per heavy atom. The number of carbonyl (C=O) groups is 1. The molecule has 0 atom stereocenters. The van der Waals surface area contributed by atoms with E-state index >= 15 is 0 Å².